The Labute approximate surface area is 389 Å². The molecule has 0 N–H and O–H groups in total. The maximum Gasteiger partial charge on any atom is 0.143 e. The summed E-state index contributed by atoms with van der Waals surface area (Å²) in [6.07, 6.45) is 8.01. The highest BCUT2D eigenvalue weighted by Gasteiger charge is 2.24. The van der Waals surface area contributed by atoms with Crippen LogP contribution >= 0.6 is 0 Å². The van der Waals surface area contributed by atoms with E-state index in [9.17, 15) is 0 Å². The third kappa shape index (κ3) is 6.66. The topological polar surface area (TPSA) is 21.3 Å². The predicted molar refractivity (Wildman–Crippen MR) is 281 cm³/mol. The summed E-state index contributed by atoms with van der Waals surface area (Å²) in [6.45, 7) is 0. The van der Waals surface area contributed by atoms with Crippen molar-refractivity contribution in [2.45, 2.75) is 12.3 Å². The number of nitrogens with zero attached hydrogens (tertiary/aromatic N) is 2. The first-order valence-electron chi connectivity index (χ1n) is 23.2. The third-order valence-electron chi connectivity index (χ3n) is 13.7. The van der Waals surface area contributed by atoms with Crippen molar-refractivity contribution in [2.24, 2.45) is 0 Å². The molecule has 2 aromatic heterocycles. The zero-order valence-electron chi connectivity index (χ0n) is 36.8. The van der Waals surface area contributed by atoms with Crippen molar-refractivity contribution in [3.05, 3.63) is 260 Å². The van der Waals surface area contributed by atoms with Crippen LogP contribution in [0.3, 0.4) is 0 Å². The minimum atomic E-state index is 0.205. The molecule has 12 aromatic rings. The number of furan rings is 1. The molecule has 67 heavy (non-hydrogen) atoms. The lowest BCUT2D eigenvalue weighted by Gasteiger charge is -2.31. The molecule has 0 radical (unpaired) electrons. The number of hydrogen-bond donors (Lipinski definition) is 0. The van der Waals surface area contributed by atoms with Gasteiger partial charge in [0.15, 0.2) is 0 Å². The molecule has 0 fully saturated rings. The van der Waals surface area contributed by atoms with Gasteiger partial charge < -0.3 is 13.9 Å². The number of allylic oxidation sites excluding steroid dienone is 3. The lowest BCUT2D eigenvalue weighted by molar-refractivity contribution is 0.670. The molecule has 0 amide bonds. The predicted octanol–water partition coefficient (Wildman–Crippen LogP) is 17.6. The van der Waals surface area contributed by atoms with Gasteiger partial charge in [-0.2, -0.15) is 0 Å². The quantitative estimate of drug-likeness (QED) is 0.152. The Balaban J connectivity index is 0.960. The van der Waals surface area contributed by atoms with E-state index in [-0.39, 0.29) is 5.92 Å². The van der Waals surface area contributed by atoms with Gasteiger partial charge in [-0.05, 0) is 106 Å². The highest BCUT2D eigenvalue weighted by Crippen LogP contribution is 2.46. The molecule has 0 saturated heterocycles. The summed E-state index contributed by atoms with van der Waals surface area (Å²) in [4.78, 5) is 2.45. The van der Waals surface area contributed by atoms with Gasteiger partial charge in [0.1, 0.15) is 11.2 Å². The van der Waals surface area contributed by atoms with Crippen LogP contribution in [0, 0.1) is 0 Å². The Hall–Kier alpha value is -8.66. The largest absolute Gasteiger partial charge is 0.455 e. The molecule has 2 heterocycles. The van der Waals surface area contributed by atoms with Gasteiger partial charge in [0.25, 0.3) is 0 Å². The molecule has 0 aliphatic heterocycles. The summed E-state index contributed by atoms with van der Waals surface area (Å²) in [7, 11) is 0. The van der Waals surface area contributed by atoms with Crippen LogP contribution in [0.5, 0.6) is 0 Å². The van der Waals surface area contributed by atoms with E-state index in [1.807, 2.05) is 0 Å². The van der Waals surface area contributed by atoms with Crippen LogP contribution in [0.4, 0.5) is 11.4 Å². The number of para-hydroxylation sites is 4. The molecule has 0 bridgehead atoms. The zero-order valence-corrected chi connectivity index (χ0v) is 36.8. The zero-order chi connectivity index (χ0) is 44.3. The second-order valence-electron chi connectivity index (χ2n) is 17.6. The van der Waals surface area contributed by atoms with Crippen LogP contribution < -0.4 is 4.90 Å². The van der Waals surface area contributed by atoms with Gasteiger partial charge in [0.2, 0.25) is 0 Å². The van der Waals surface area contributed by atoms with Gasteiger partial charge in [0.05, 0.1) is 16.7 Å². The Bertz CT molecular complexity index is 3860. The molecule has 10 aromatic carbocycles. The van der Waals surface area contributed by atoms with Gasteiger partial charge in [-0.15, -0.1) is 0 Å². The highest BCUT2D eigenvalue weighted by molar-refractivity contribution is 6.14. The summed E-state index contributed by atoms with van der Waals surface area (Å²) in [5.41, 5.74) is 16.9. The van der Waals surface area contributed by atoms with E-state index in [2.05, 4.69) is 258 Å². The smallest absolute Gasteiger partial charge is 0.143 e. The second-order valence-corrected chi connectivity index (χ2v) is 17.6. The van der Waals surface area contributed by atoms with Crippen molar-refractivity contribution in [1.29, 1.82) is 0 Å². The van der Waals surface area contributed by atoms with E-state index in [4.69, 9.17) is 4.42 Å². The third-order valence-corrected chi connectivity index (χ3v) is 13.7. The average molecular weight is 857 g/mol. The maximum absolute atomic E-state index is 6.87. The molecule has 3 heteroatoms. The van der Waals surface area contributed by atoms with Gasteiger partial charge in [0, 0.05) is 55.7 Å². The first kappa shape index (κ1) is 38.8. The molecule has 1 unspecified atom stereocenters. The van der Waals surface area contributed by atoms with E-state index in [1.54, 1.807) is 0 Å². The molecule has 1 aliphatic carbocycles. The van der Waals surface area contributed by atoms with Crippen LogP contribution in [0.1, 0.15) is 17.9 Å². The van der Waals surface area contributed by atoms with Crippen LogP contribution in [0.15, 0.2) is 259 Å². The van der Waals surface area contributed by atoms with E-state index in [0.29, 0.717) is 0 Å². The van der Waals surface area contributed by atoms with Crippen LogP contribution in [-0.4, -0.2) is 4.57 Å². The summed E-state index contributed by atoms with van der Waals surface area (Å²) in [6, 6.07) is 83.4. The lowest BCUT2D eigenvalue weighted by atomic mass is 9.86. The van der Waals surface area contributed by atoms with Crippen molar-refractivity contribution < 1.29 is 4.42 Å². The van der Waals surface area contributed by atoms with Crippen molar-refractivity contribution >= 4 is 65.9 Å². The van der Waals surface area contributed by atoms with Crippen molar-refractivity contribution in [3.63, 3.8) is 0 Å². The standard InChI is InChI=1S/C64H44N2O/c1-3-17-44(18-4-1)52-38-35-48(39-58(52)45-19-5-2-6-20-45)43-33-36-49(37-34-43)65(50-23-15-24-51(42-50)66-61-31-13-9-25-53(61)54-26-10-14-32-62(54)66)60-30-12-11-27-55(60)56-28-16-29-57-59-40-46-21-7-8-22-47(46)41-63(59)67-64(56)57/h1-33,35-43H,34H2. The fourth-order valence-electron chi connectivity index (χ4n) is 10.5. The van der Waals surface area contributed by atoms with E-state index < -0.39 is 0 Å². The second kappa shape index (κ2) is 16.1. The summed E-state index contributed by atoms with van der Waals surface area (Å²) >= 11 is 0. The van der Waals surface area contributed by atoms with Gasteiger partial charge >= 0.3 is 0 Å². The fraction of sp³-hybridized carbons (Fsp3) is 0.0312. The number of anilines is 2. The molecule has 1 aliphatic rings. The van der Waals surface area contributed by atoms with Crippen LogP contribution in [0.2, 0.25) is 0 Å². The fourth-order valence-corrected chi connectivity index (χ4v) is 10.5. The summed E-state index contributed by atoms with van der Waals surface area (Å²) in [5.74, 6) is 0.205. The molecule has 316 valence electrons. The van der Waals surface area contributed by atoms with Crippen LogP contribution in [-0.2, 0) is 0 Å². The summed E-state index contributed by atoms with van der Waals surface area (Å²) in [5, 5.41) is 7.10. The van der Waals surface area contributed by atoms with Gasteiger partial charge in [-0.1, -0.05) is 188 Å². The Morgan fingerprint density at radius 1 is 0.448 bits per heavy atom. The lowest BCUT2D eigenvalue weighted by Crippen LogP contribution is -2.18. The molecular formula is C64H44N2O. The van der Waals surface area contributed by atoms with E-state index in [1.165, 1.54) is 60.4 Å². The molecule has 1 atom stereocenters. The Kier molecular flexibility index (Phi) is 9.31. The number of rotatable bonds is 8. The number of benzene rings is 10. The van der Waals surface area contributed by atoms with Crippen molar-refractivity contribution in [1.82, 2.24) is 4.57 Å². The average Bonchev–Trinajstić information content (AvgIpc) is 3.94. The highest BCUT2D eigenvalue weighted by atomic mass is 16.3. The van der Waals surface area contributed by atoms with E-state index in [0.717, 1.165) is 62.2 Å². The molecule has 3 nitrogen and oxygen atoms in total. The monoisotopic (exact) mass is 856 g/mol. The Morgan fingerprint density at radius 2 is 1.07 bits per heavy atom. The van der Waals surface area contributed by atoms with E-state index >= 15 is 0 Å². The minimum absolute atomic E-state index is 0.205. The molecule has 0 saturated carbocycles. The van der Waals surface area contributed by atoms with Crippen LogP contribution in [0.25, 0.3) is 93.6 Å². The molecule has 13 rings (SSSR count). The molecular weight excluding hydrogens is 813 g/mol. The molecule has 0 spiro atoms. The normalized spacial score (nSPS) is 13.8. The number of aromatic nitrogens is 1. The first-order chi connectivity index (χ1) is 33.2. The number of fused-ring (bicyclic) bond motifs is 7. The number of hydrogen-bond acceptors (Lipinski definition) is 2. The maximum atomic E-state index is 6.87. The van der Waals surface area contributed by atoms with Gasteiger partial charge in [-0.3, -0.25) is 0 Å². The SMILES string of the molecule is C1=CC(c2ccc(-c3ccccc3)c(-c3ccccc3)c2)CC=C1N(c1cccc(-n2c3ccccc3c3ccccc32)c1)c1ccccc1-c1cccc2c1oc1cc3ccccc3cc12. The minimum Gasteiger partial charge on any atom is -0.455 e. The van der Waals surface area contributed by atoms with Crippen molar-refractivity contribution in [2.75, 3.05) is 4.90 Å². The van der Waals surface area contributed by atoms with Crippen molar-refractivity contribution in [3.8, 4) is 39.1 Å². The first-order valence-corrected chi connectivity index (χ1v) is 23.2. The summed E-state index contributed by atoms with van der Waals surface area (Å²) < 4.78 is 9.28. The Morgan fingerprint density at radius 3 is 1.82 bits per heavy atom. The van der Waals surface area contributed by atoms with Gasteiger partial charge in [-0.25, -0.2) is 0 Å².